The molecule has 0 amide bonds. The lowest BCUT2D eigenvalue weighted by Crippen LogP contribution is -2.38. The molecule has 1 aromatic carbocycles. The van der Waals surface area contributed by atoms with Gasteiger partial charge in [0.25, 0.3) is 0 Å². The number of aliphatic hydroxyl groups is 1. The first kappa shape index (κ1) is 15.0. The largest absolute Gasteiger partial charge is 0.490 e. The smallest absolute Gasteiger partial charge is 0.124 e. The minimum absolute atomic E-state index is 0.0797. The Morgan fingerprint density at radius 2 is 1.94 bits per heavy atom. The van der Waals surface area contributed by atoms with Gasteiger partial charge in [0, 0.05) is 11.6 Å². The molecular weight excluding hydrogens is 226 g/mol. The van der Waals surface area contributed by atoms with Gasteiger partial charge in [0.15, 0.2) is 0 Å². The van der Waals surface area contributed by atoms with E-state index in [1.807, 2.05) is 45.9 Å². The second-order valence-electron chi connectivity index (χ2n) is 5.63. The maximum atomic E-state index is 10.2. The van der Waals surface area contributed by atoms with Crippen LogP contribution in [0.2, 0.25) is 0 Å². The predicted octanol–water partition coefficient (Wildman–Crippen LogP) is 2.80. The highest BCUT2D eigenvalue weighted by atomic mass is 16.5. The van der Waals surface area contributed by atoms with Crippen molar-refractivity contribution >= 4 is 0 Å². The lowest BCUT2D eigenvalue weighted by molar-refractivity contribution is -0.0269. The second-order valence-corrected chi connectivity index (χ2v) is 5.63. The fourth-order valence-electron chi connectivity index (χ4n) is 1.55. The maximum Gasteiger partial charge on any atom is 0.124 e. The number of hydrogen-bond donors (Lipinski definition) is 2. The van der Waals surface area contributed by atoms with Gasteiger partial charge in [-0.2, -0.15) is 0 Å². The van der Waals surface area contributed by atoms with E-state index in [-0.39, 0.29) is 18.6 Å². The van der Waals surface area contributed by atoms with Crippen LogP contribution < -0.4 is 10.5 Å². The van der Waals surface area contributed by atoms with E-state index in [1.165, 1.54) is 0 Å². The summed E-state index contributed by atoms with van der Waals surface area (Å²) in [5.74, 6) is 0.901. The Kier molecular flexibility index (Phi) is 4.77. The van der Waals surface area contributed by atoms with Crippen LogP contribution in [0.15, 0.2) is 18.2 Å². The van der Waals surface area contributed by atoms with Crippen LogP contribution in [-0.2, 0) is 0 Å². The first-order valence-corrected chi connectivity index (χ1v) is 6.45. The number of nitrogens with two attached hydrogens (primary N) is 1. The minimum atomic E-state index is -0.833. The van der Waals surface area contributed by atoms with E-state index in [4.69, 9.17) is 10.5 Å². The Hall–Kier alpha value is -1.06. The van der Waals surface area contributed by atoms with Crippen molar-refractivity contribution in [2.75, 3.05) is 6.61 Å². The number of hydrogen-bond acceptors (Lipinski definition) is 3. The van der Waals surface area contributed by atoms with Gasteiger partial charge in [-0.25, -0.2) is 0 Å². The molecule has 0 aromatic heterocycles. The Morgan fingerprint density at radius 1 is 1.33 bits per heavy atom. The van der Waals surface area contributed by atoms with E-state index in [2.05, 4.69) is 0 Å². The van der Waals surface area contributed by atoms with Crippen molar-refractivity contribution in [1.82, 2.24) is 0 Å². The van der Waals surface area contributed by atoms with Gasteiger partial charge in [-0.3, -0.25) is 0 Å². The van der Waals surface area contributed by atoms with Crippen LogP contribution in [0, 0.1) is 12.8 Å². The summed E-state index contributed by atoms with van der Waals surface area (Å²) in [6.45, 7) is 9.98. The lowest BCUT2D eigenvalue weighted by Gasteiger charge is -2.28. The monoisotopic (exact) mass is 251 g/mol. The van der Waals surface area contributed by atoms with Gasteiger partial charge < -0.3 is 15.6 Å². The van der Waals surface area contributed by atoms with E-state index >= 15 is 0 Å². The quantitative estimate of drug-likeness (QED) is 0.846. The normalized spacial score (nSPS) is 16.4. The highest BCUT2D eigenvalue weighted by Gasteiger charge is 2.26. The molecule has 0 aliphatic heterocycles. The van der Waals surface area contributed by atoms with Crippen molar-refractivity contribution in [3.05, 3.63) is 29.3 Å². The number of aryl methyl sites for hydroxylation is 1. The summed E-state index contributed by atoms with van der Waals surface area (Å²) in [4.78, 5) is 0. The summed E-state index contributed by atoms with van der Waals surface area (Å²) in [5, 5.41) is 10.2. The van der Waals surface area contributed by atoms with E-state index < -0.39 is 5.60 Å². The third-order valence-electron chi connectivity index (χ3n) is 3.42. The number of benzene rings is 1. The van der Waals surface area contributed by atoms with Crippen molar-refractivity contribution in [2.45, 2.75) is 46.3 Å². The maximum absolute atomic E-state index is 10.2. The second kappa shape index (κ2) is 5.72. The van der Waals surface area contributed by atoms with Crippen molar-refractivity contribution in [3.8, 4) is 5.75 Å². The fourth-order valence-corrected chi connectivity index (χ4v) is 1.55. The molecule has 1 aromatic rings. The average Bonchev–Trinajstić information content (AvgIpc) is 2.27. The fraction of sp³-hybridized carbons (Fsp3) is 0.600. The van der Waals surface area contributed by atoms with Gasteiger partial charge in [-0.1, -0.05) is 31.5 Å². The Bertz CT molecular complexity index is 397. The molecule has 1 rings (SSSR count). The lowest BCUT2D eigenvalue weighted by atomic mass is 9.93. The van der Waals surface area contributed by atoms with Gasteiger partial charge in [0.05, 0.1) is 5.60 Å². The molecule has 3 nitrogen and oxygen atoms in total. The van der Waals surface area contributed by atoms with Crippen LogP contribution in [0.5, 0.6) is 5.75 Å². The molecule has 102 valence electrons. The summed E-state index contributed by atoms with van der Waals surface area (Å²) in [5.41, 5.74) is 7.25. The van der Waals surface area contributed by atoms with Crippen LogP contribution in [0.1, 0.15) is 44.9 Å². The summed E-state index contributed by atoms with van der Waals surface area (Å²) >= 11 is 0. The zero-order valence-corrected chi connectivity index (χ0v) is 12.0. The minimum Gasteiger partial charge on any atom is -0.490 e. The molecule has 0 heterocycles. The first-order valence-electron chi connectivity index (χ1n) is 6.45. The summed E-state index contributed by atoms with van der Waals surface area (Å²) < 4.78 is 5.75. The summed E-state index contributed by atoms with van der Waals surface area (Å²) in [6, 6.07) is 5.86. The molecule has 0 saturated heterocycles. The summed E-state index contributed by atoms with van der Waals surface area (Å²) in [6.07, 6.45) is 0. The molecule has 3 heteroatoms. The van der Waals surface area contributed by atoms with Crippen LogP contribution >= 0.6 is 0 Å². The first-order chi connectivity index (χ1) is 8.24. The highest BCUT2D eigenvalue weighted by molar-refractivity contribution is 5.38. The molecular formula is C15H25NO2. The molecule has 0 spiro atoms. The van der Waals surface area contributed by atoms with Crippen LogP contribution in [-0.4, -0.2) is 17.3 Å². The Labute approximate surface area is 110 Å². The third-order valence-corrected chi connectivity index (χ3v) is 3.42. The van der Waals surface area contributed by atoms with Crippen LogP contribution in [0.3, 0.4) is 0 Å². The molecule has 0 aliphatic rings. The SMILES string of the molecule is Cc1ccc(OCC(C)(O)C(C)C)c([C@@H](C)N)c1. The van der Waals surface area contributed by atoms with Gasteiger partial charge in [-0.05, 0) is 32.8 Å². The average molecular weight is 251 g/mol. The molecule has 0 aliphatic carbocycles. The van der Waals surface area contributed by atoms with Gasteiger partial charge in [0.2, 0.25) is 0 Å². The van der Waals surface area contributed by atoms with Crippen LogP contribution in [0.25, 0.3) is 0 Å². The zero-order valence-electron chi connectivity index (χ0n) is 12.0. The Balaban J connectivity index is 2.85. The molecule has 1 unspecified atom stereocenters. The Morgan fingerprint density at radius 3 is 2.44 bits per heavy atom. The van der Waals surface area contributed by atoms with Gasteiger partial charge in [-0.15, -0.1) is 0 Å². The number of rotatable bonds is 5. The van der Waals surface area contributed by atoms with E-state index in [9.17, 15) is 5.11 Å². The third kappa shape index (κ3) is 3.72. The number of ether oxygens (including phenoxy) is 1. The van der Waals surface area contributed by atoms with Crippen molar-refractivity contribution < 1.29 is 9.84 Å². The predicted molar refractivity (Wildman–Crippen MR) is 74.7 cm³/mol. The topological polar surface area (TPSA) is 55.5 Å². The van der Waals surface area contributed by atoms with Crippen molar-refractivity contribution in [3.63, 3.8) is 0 Å². The van der Waals surface area contributed by atoms with Crippen molar-refractivity contribution in [2.24, 2.45) is 11.7 Å². The standard InChI is InChI=1S/C15H25NO2/c1-10(2)15(5,17)9-18-14-7-6-11(3)8-13(14)12(4)16/h6-8,10,12,17H,9,16H2,1-5H3/t12-,15?/m1/s1. The molecule has 3 N–H and O–H groups in total. The molecule has 2 atom stereocenters. The van der Waals surface area contributed by atoms with E-state index in [0.717, 1.165) is 16.9 Å². The summed E-state index contributed by atoms with van der Waals surface area (Å²) in [7, 11) is 0. The van der Waals surface area contributed by atoms with Crippen molar-refractivity contribution in [1.29, 1.82) is 0 Å². The van der Waals surface area contributed by atoms with E-state index in [0.29, 0.717) is 0 Å². The van der Waals surface area contributed by atoms with Gasteiger partial charge in [0.1, 0.15) is 12.4 Å². The molecule has 0 fully saturated rings. The molecule has 0 saturated carbocycles. The van der Waals surface area contributed by atoms with Crippen LogP contribution in [0.4, 0.5) is 0 Å². The van der Waals surface area contributed by atoms with Gasteiger partial charge >= 0.3 is 0 Å². The molecule has 18 heavy (non-hydrogen) atoms. The molecule has 0 radical (unpaired) electrons. The highest BCUT2D eigenvalue weighted by Crippen LogP contribution is 2.27. The zero-order chi connectivity index (χ0) is 13.9. The molecule has 0 bridgehead atoms. The van der Waals surface area contributed by atoms with E-state index in [1.54, 1.807) is 6.92 Å².